The number of fused-ring (bicyclic) bond motifs is 1. The highest BCUT2D eigenvalue weighted by molar-refractivity contribution is 7.92. The molecule has 220 valence electrons. The zero-order valence-corrected chi connectivity index (χ0v) is 22.4. The predicted molar refractivity (Wildman–Crippen MR) is 130 cm³/mol. The van der Waals surface area contributed by atoms with Gasteiger partial charge in [-0.3, -0.25) is 14.6 Å². The van der Waals surface area contributed by atoms with Crippen LogP contribution in [0.2, 0.25) is 0 Å². The van der Waals surface area contributed by atoms with Crippen molar-refractivity contribution in [2.24, 2.45) is 0 Å². The number of sulfonamides is 1. The lowest BCUT2D eigenvalue weighted by molar-refractivity contribution is -0.242. The van der Waals surface area contributed by atoms with Crippen LogP contribution in [-0.4, -0.2) is 49.7 Å². The summed E-state index contributed by atoms with van der Waals surface area (Å²) in [5, 5.41) is 2.11. The van der Waals surface area contributed by atoms with Crippen LogP contribution in [0.1, 0.15) is 44.7 Å². The lowest BCUT2D eigenvalue weighted by atomic mass is 10.1. The Hall–Kier alpha value is -3.56. The third kappa shape index (κ3) is 6.77. The van der Waals surface area contributed by atoms with Gasteiger partial charge in [0.1, 0.15) is 22.5 Å². The van der Waals surface area contributed by atoms with Gasteiger partial charge in [0.05, 0.1) is 17.8 Å². The Kier molecular flexibility index (Phi) is 8.35. The minimum absolute atomic E-state index is 0.0159. The number of Topliss-reactive ketones (excluding diaryl/α,β-unsaturated/α-hetero) is 1. The standard InChI is InChI=1S/C24H25F6N3O6S/c1-13-7-16(32-21(35)39-22(3,4)24(28,29)30)9-19-20(13)38-17(6-5-14(2)34)12-33(19)40(36,37)18-8-15(10-31-11-18)23(25,26)27/h7-11,17H,5-6,12H2,1-4H3,(H,32,35). The highest BCUT2D eigenvalue weighted by Gasteiger charge is 2.51. The SMILES string of the molecule is CC(=O)CCC1CN(S(=O)(=O)c2cncc(C(F)(F)F)c2)c2cc(NC(=O)OC(C)(C)C(F)(F)F)cc(C)c2O1. The van der Waals surface area contributed by atoms with Gasteiger partial charge in [-0.2, -0.15) is 26.3 Å². The van der Waals surface area contributed by atoms with Gasteiger partial charge in [-0.25, -0.2) is 13.2 Å². The average Bonchev–Trinajstić information content (AvgIpc) is 2.81. The number of ether oxygens (including phenoxy) is 2. The van der Waals surface area contributed by atoms with Gasteiger partial charge in [-0.05, 0) is 57.9 Å². The maximum absolute atomic E-state index is 13.6. The van der Waals surface area contributed by atoms with Crippen LogP contribution in [0.5, 0.6) is 5.75 Å². The van der Waals surface area contributed by atoms with E-state index in [1.807, 2.05) is 0 Å². The Morgan fingerprint density at radius 3 is 2.35 bits per heavy atom. The highest BCUT2D eigenvalue weighted by atomic mass is 32.2. The molecule has 3 rings (SSSR count). The fourth-order valence-corrected chi connectivity index (χ4v) is 5.15. The number of amides is 1. The number of rotatable bonds is 7. The largest absolute Gasteiger partial charge is 0.486 e. The van der Waals surface area contributed by atoms with Crippen LogP contribution in [0, 0.1) is 6.92 Å². The van der Waals surface area contributed by atoms with Crippen LogP contribution in [0.3, 0.4) is 0 Å². The molecule has 1 unspecified atom stereocenters. The molecule has 1 aliphatic heterocycles. The number of carbonyl (C=O) groups is 2. The van der Waals surface area contributed by atoms with E-state index >= 15 is 0 Å². The smallest absolute Gasteiger partial charge is 0.427 e. The summed E-state index contributed by atoms with van der Waals surface area (Å²) in [7, 11) is -4.73. The number of benzene rings is 1. The lowest BCUT2D eigenvalue weighted by Crippen LogP contribution is -2.44. The molecule has 2 aromatic rings. The molecule has 0 saturated carbocycles. The van der Waals surface area contributed by atoms with E-state index in [0.29, 0.717) is 26.1 Å². The highest BCUT2D eigenvalue weighted by Crippen LogP contribution is 2.43. The third-order valence-electron chi connectivity index (χ3n) is 5.90. The van der Waals surface area contributed by atoms with Gasteiger partial charge < -0.3 is 14.3 Å². The van der Waals surface area contributed by atoms with Crippen LogP contribution in [0.15, 0.2) is 35.5 Å². The van der Waals surface area contributed by atoms with Gasteiger partial charge in [0, 0.05) is 24.5 Å². The molecule has 1 atom stereocenters. The molecule has 1 N–H and O–H groups in total. The fourth-order valence-electron chi connectivity index (χ4n) is 3.67. The quantitative estimate of drug-likeness (QED) is 0.412. The molecular weight excluding hydrogens is 572 g/mol. The van der Waals surface area contributed by atoms with Crippen LogP contribution < -0.4 is 14.4 Å². The van der Waals surface area contributed by atoms with Crippen molar-refractivity contribution in [2.75, 3.05) is 16.2 Å². The van der Waals surface area contributed by atoms with Crippen molar-refractivity contribution < 1.29 is 53.8 Å². The lowest BCUT2D eigenvalue weighted by Gasteiger charge is -2.36. The second kappa shape index (κ2) is 10.8. The molecule has 40 heavy (non-hydrogen) atoms. The van der Waals surface area contributed by atoms with E-state index in [-0.39, 0.29) is 41.3 Å². The molecule has 0 saturated heterocycles. The number of ketones is 1. The molecule has 0 spiro atoms. The molecule has 1 aliphatic rings. The predicted octanol–water partition coefficient (Wildman–Crippen LogP) is 5.62. The number of anilines is 2. The van der Waals surface area contributed by atoms with Crippen molar-refractivity contribution in [1.29, 1.82) is 0 Å². The number of hydrogen-bond acceptors (Lipinski definition) is 7. The second-order valence-corrected chi connectivity index (χ2v) is 11.5. The molecule has 1 aromatic carbocycles. The van der Waals surface area contributed by atoms with Gasteiger partial charge in [0.25, 0.3) is 10.0 Å². The maximum Gasteiger partial charge on any atom is 0.427 e. The molecule has 2 heterocycles. The van der Waals surface area contributed by atoms with Crippen LogP contribution in [0.4, 0.5) is 42.5 Å². The van der Waals surface area contributed by atoms with E-state index in [1.165, 1.54) is 19.9 Å². The number of hydrogen-bond donors (Lipinski definition) is 1. The first kappa shape index (κ1) is 31.0. The summed E-state index contributed by atoms with van der Waals surface area (Å²) in [5.74, 6) is -0.222. The van der Waals surface area contributed by atoms with Crippen LogP contribution >= 0.6 is 0 Å². The Morgan fingerprint density at radius 1 is 1.12 bits per heavy atom. The topological polar surface area (TPSA) is 115 Å². The first-order chi connectivity index (χ1) is 18.2. The number of aromatic nitrogens is 1. The number of nitrogens with zero attached hydrogens (tertiary/aromatic N) is 2. The van der Waals surface area contributed by atoms with E-state index in [4.69, 9.17) is 4.74 Å². The maximum atomic E-state index is 13.6. The number of nitrogens with one attached hydrogen (secondary N) is 1. The fraction of sp³-hybridized carbons (Fsp3) is 0.458. The number of alkyl halides is 6. The van der Waals surface area contributed by atoms with Crippen molar-refractivity contribution in [3.05, 3.63) is 41.7 Å². The monoisotopic (exact) mass is 597 g/mol. The van der Waals surface area contributed by atoms with Crippen molar-refractivity contribution in [3.63, 3.8) is 0 Å². The normalized spacial score (nSPS) is 16.1. The van der Waals surface area contributed by atoms with E-state index in [9.17, 15) is 44.3 Å². The van der Waals surface area contributed by atoms with Gasteiger partial charge in [-0.15, -0.1) is 0 Å². The Labute approximate surface area is 225 Å². The number of pyridine rings is 1. The zero-order valence-electron chi connectivity index (χ0n) is 21.6. The summed E-state index contributed by atoms with van der Waals surface area (Å²) >= 11 is 0. The van der Waals surface area contributed by atoms with Crippen molar-refractivity contribution in [3.8, 4) is 5.75 Å². The molecule has 0 aliphatic carbocycles. The average molecular weight is 598 g/mol. The molecular formula is C24H25F6N3O6S. The van der Waals surface area contributed by atoms with Crippen LogP contribution in [0.25, 0.3) is 0 Å². The summed E-state index contributed by atoms with van der Waals surface area (Å²) in [6.45, 7) is 3.63. The zero-order chi connectivity index (χ0) is 30.3. The number of carbonyl (C=O) groups excluding carboxylic acids is 2. The third-order valence-corrected chi connectivity index (χ3v) is 7.65. The molecule has 1 amide bonds. The van der Waals surface area contributed by atoms with Crippen molar-refractivity contribution in [2.45, 2.75) is 69.5 Å². The Bertz CT molecular complexity index is 1410. The minimum atomic E-state index is -4.89. The molecule has 0 radical (unpaired) electrons. The minimum Gasteiger partial charge on any atom is -0.486 e. The van der Waals surface area contributed by atoms with Crippen LogP contribution in [-0.2, 0) is 25.7 Å². The van der Waals surface area contributed by atoms with Gasteiger partial charge in [0.2, 0.25) is 5.60 Å². The van der Waals surface area contributed by atoms with Crippen molar-refractivity contribution >= 4 is 33.3 Å². The molecule has 1 aromatic heterocycles. The summed E-state index contributed by atoms with van der Waals surface area (Å²) in [6, 6.07) is 2.77. The van der Waals surface area contributed by atoms with Crippen molar-refractivity contribution in [1.82, 2.24) is 4.98 Å². The van der Waals surface area contributed by atoms with E-state index in [2.05, 4.69) is 15.0 Å². The molecule has 0 fully saturated rings. The molecule has 0 bridgehead atoms. The number of aryl methyl sites for hydroxylation is 1. The summed E-state index contributed by atoms with van der Waals surface area (Å²) in [5.41, 5.74) is -4.30. The summed E-state index contributed by atoms with van der Waals surface area (Å²) < 4.78 is 118. The summed E-state index contributed by atoms with van der Waals surface area (Å²) in [4.78, 5) is 26.4. The Morgan fingerprint density at radius 2 is 1.77 bits per heavy atom. The van der Waals surface area contributed by atoms with E-state index in [1.54, 1.807) is 0 Å². The van der Waals surface area contributed by atoms with E-state index < -0.39 is 57.2 Å². The summed E-state index contributed by atoms with van der Waals surface area (Å²) in [6.07, 6.45) is -10.8. The Balaban J connectivity index is 2.06. The van der Waals surface area contributed by atoms with Gasteiger partial charge in [-0.1, -0.05) is 0 Å². The van der Waals surface area contributed by atoms with Gasteiger partial charge >= 0.3 is 18.4 Å². The molecule has 9 nitrogen and oxygen atoms in total. The van der Waals surface area contributed by atoms with Gasteiger partial charge in [0.15, 0.2) is 0 Å². The first-order valence-electron chi connectivity index (χ1n) is 11.6. The second-order valence-electron chi connectivity index (χ2n) is 9.59. The molecule has 16 heteroatoms. The van der Waals surface area contributed by atoms with E-state index in [0.717, 1.165) is 16.6 Å². The first-order valence-corrected chi connectivity index (χ1v) is 13.1. The number of halogens is 6.